The van der Waals surface area contributed by atoms with Gasteiger partial charge in [0.1, 0.15) is 0 Å². The van der Waals surface area contributed by atoms with Gasteiger partial charge in [-0.25, -0.2) is 0 Å². The Morgan fingerprint density at radius 1 is 0.885 bits per heavy atom. The van der Waals surface area contributed by atoms with Crippen molar-refractivity contribution < 1.29 is 20.1 Å². The first kappa shape index (κ1) is 24.1. The number of aliphatic hydroxyl groups excluding tert-OH is 2. The number of carbonyl (C=O) groups is 1. The molecule has 0 saturated heterocycles. The zero-order chi connectivity index (χ0) is 19.5. The molecule has 0 saturated carbocycles. The first-order valence-electron chi connectivity index (χ1n) is 9.45. The molecular formula is C22H34O4. The summed E-state index contributed by atoms with van der Waals surface area (Å²) in [5, 5.41) is 28.0. The van der Waals surface area contributed by atoms with E-state index in [9.17, 15) is 15.0 Å². The molecule has 0 heterocycles. The molecule has 0 aromatic heterocycles. The number of allylic oxidation sites excluding steroid dienone is 7. The number of hydrogen-bond donors (Lipinski definition) is 3. The highest BCUT2D eigenvalue weighted by Crippen LogP contribution is 2.05. The number of hydrogen-bond acceptors (Lipinski definition) is 3. The van der Waals surface area contributed by atoms with Crippen LogP contribution in [0.1, 0.15) is 58.3 Å². The third kappa shape index (κ3) is 18.4. The Bertz CT molecular complexity index is 486. The first-order valence-corrected chi connectivity index (χ1v) is 9.45. The zero-order valence-corrected chi connectivity index (χ0v) is 15.8. The minimum atomic E-state index is -0.777. The summed E-state index contributed by atoms with van der Waals surface area (Å²) in [4.78, 5) is 10.3. The Morgan fingerprint density at radius 3 is 2.38 bits per heavy atom. The topological polar surface area (TPSA) is 77.8 Å². The molecule has 0 spiro atoms. The van der Waals surface area contributed by atoms with Crippen molar-refractivity contribution in [3.05, 3.63) is 60.8 Å². The Labute approximate surface area is 157 Å². The van der Waals surface area contributed by atoms with Crippen molar-refractivity contribution >= 4 is 5.97 Å². The molecule has 0 radical (unpaired) electrons. The highest BCUT2D eigenvalue weighted by Gasteiger charge is 1.99. The molecule has 146 valence electrons. The van der Waals surface area contributed by atoms with E-state index in [1.807, 2.05) is 42.5 Å². The van der Waals surface area contributed by atoms with Crippen LogP contribution in [0.2, 0.25) is 0 Å². The molecule has 2 atom stereocenters. The van der Waals surface area contributed by atoms with Crippen LogP contribution >= 0.6 is 0 Å². The maximum atomic E-state index is 10.3. The summed E-state index contributed by atoms with van der Waals surface area (Å²) in [6.07, 6.45) is 23.6. The van der Waals surface area contributed by atoms with Gasteiger partial charge in [0.15, 0.2) is 0 Å². The van der Waals surface area contributed by atoms with Gasteiger partial charge < -0.3 is 15.3 Å². The fourth-order valence-corrected chi connectivity index (χ4v) is 2.13. The number of aliphatic hydroxyl groups is 2. The fraction of sp³-hybridized carbons (Fsp3) is 0.500. The van der Waals surface area contributed by atoms with Gasteiger partial charge in [0, 0.05) is 6.42 Å². The lowest BCUT2D eigenvalue weighted by Crippen LogP contribution is -2.03. The molecule has 4 nitrogen and oxygen atoms in total. The van der Waals surface area contributed by atoms with Gasteiger partial charge in [-0.2, -0.15) is 0 Å². The molecule has 0 aliphatic carbocycles. The van der Waals surface area contributed by atoms with E-state index in [-0.39, 0.29) is 6.42 Å². The summed E-state index contributed by atoms with van der Waals surface area (Å²) in [7, 11) is 0. The highest BCUT2D eigenvalue weighted by atomic mass is 16.4. The Morgan fingerprint density at radius 2 is 1.65 bits per heavy atom. The van der Waals surface area contributed by atoms with Crippen LogP contribution in [0.4, 0.5) is 0 Å². The third-order valence-electron chi connectivity index (χ3n) is 3.61. The number of rotatable bonds is 15. The van der Waals surface area contributed by atoms with E-state index in [0.29, 0.717) is 12.8 Å². The Kier molecular flexibility index (Phi) is 16.6. The van der Waals surface area contributed by atoms with Crippen LogP contribution in [0.3, 0.4) is 0 Å². The van der Waals surface area contributed by atoms with E-state index in [1.54, 1.807) is 18.2 Å². The minimum Gasteiger partial charge on any atom is -0.481 e. The van der Waals surface area contributed by atoms with Gasteiger partial charge in [-0.15, -0.1) is 0 Å². The predicted molar refractivity (Wildman–Crippen MR) is 108 cm³/mol. The lowest BCUT2D eigenvalue weighted by Gasteiger charge is -2.05. The molecule has 3 N–H and O–H groups in total. The van der Waals surface area contributed by atoms with Crippen molar-refractivity contribution in [2.24, 2.45) is 0 Å². The number of carboxylic acid groups (broad SMARTS) is 1. The lowest BCUT2D eigenvalue weighted by atomic mass is 10.1. The summed E-state index contributed by atoms with van der Waals surface area (Å²) in [6, 6.07) is 0. The largest absolute Gasteiger partial charge is 0.481 e. The highest BCUT2D eigenvalue weighted by molar-refractivity contribution is 5.66. The molecule has 2 unspecified atom stereocenters. The molecule has 0 rings (SSSR count). The maximum Gasteiger partial charge on any atom is 0.303 e. The van der Waals surface area contributed by atoms with Gasteiger partial charge in [-0.3, -0.25) is 4.79 Å². The number of carboxylic acids is 1. The van der Waals surface area contributed by atoms with Gasteiger partial charge in [0.25, 0.3) is 0 Å². The van der Waals surface area contributed by atoms with Crippen LogP contribution in [-0.2, 0) is 4.79 Å². The summed E-state index contributed by atoms with van der Waals surface area (Å²) >= 11 is 0. The van der Waals surface area contributed by atoms with Crippen LogP contribution in [0.5, 0.6) is 0 Å². The SMILES string of the molecule is CCCCCC(O)/C=C/CC(O)/C=C/C=C/C=C\C/C=C\CCC(=O)O. The standard InChI is InChI=1S/C22H34O4/c1-2-3-11-15-20(23)17-14-18-21(24)16-12-9-7-5-4-6-8-10-13-19-22(25)26/h4-5,7-10,12,14,16-17,20-21,23-24H,2-3,6,11,13,15,18-19H2,1H3,(H,25,26)/b5-4-,9-7+,10-8-,16-12+,17-14+. The molecule has 0 fully saturated rings. The average Bonchev–Trinajstić information content (AvgIpc) is 2.59. The zero-order valence-electron chi connectivity index (χ0n) is 15.8. The van der Waals surface area contributed by atoms with Crippen LogP contribution in [0.25, 0.3) is 0 Å². The van der Waals surface area contributed by atoms with Crippen LogP contribution in [0, 0.1) is 0 Å². The normalized spacial score (nSPS) is 15.2. The summed E-state index contributed by atoms with van der Waals surface area (Å²) in [6.45, 7) is 2.14. The second kappa shape index (κ2) is 17.9. The first-order chi connectivity index (χ1) is 12.6. The molecule has 0 aliphatic heterocycles. The smallest absolute Gasteiger partial charge is 0.303 e. The van der Waals surface area contributed by atoms with Gasteiger partial charge in [-0.1, -0.05) is 86.9 Å². The van der Waals surface area contributed by atoms with Crippen LogP contribution < -0.4 is 0 Å². The molecule has 0 aromatic carbocycles. The van der Waals surface area contributed by atoms with Gasteiger partial charge in [-0.05, 0) is 25.7 Å². The number of aliphatic carboxylic acids is 1. The molecule has 0 bridgehead atoms. The van der Waals surface area contributed by atoms with E-state index in [1.165, 1.54) is 0 Å². The Hall–Kier alpha value is -1.91. The van der Waals surface area contributed by atoms with Crippen molar-refractivity contribution in [1.29, 1.82) is 0 Å². The van der Waals surface area contributed by atoms with Crippen molar-refractivity contribution in [1.82, 2.24) is 0 Å². The van der Waals surface area contributed by atoms with Gasteiger partial charge in [0.05, 0.1) is 12.2 Å². The summed E-state index contributed by atoms with van der Waals surface area (Å²) in [5.74, 6) is -0.777. The van der Waals surface area contributed by atoms with Crippen molar-refractivity contribution in [3.8, 4) is 0 Å². The number of unbranched alkanes of at least 4 members (excludes halogenated alkanes) is 2. The second-order valence-corrected chi connectivity index (χ2v) is 6.13. The van der Waals surface area contributed by atoms with Crippen molar-refractivity contribution in [3.63, 3.8) is 0 Å². The molecular weight excluding hydrogens is 328 g/mol. The van der Waals surface area contributed by atoms with Crippen LogP contribution in [-0.4, -0.2) is 33.5 Å². The van der Waals surface area contributed by atoms with Gasteiger partial charge in [0.2, 0.25) is 0 Å². The van der Waals surface area contributed by atoms with Crippen molar-refractivity contribution in [2.75, 3.05) is 0 Å². The molecule has 4 heteroatoms. The lowest BCUT2D eigenvalue weighted by molar-refractivity contribution is -0.136. The Balaban J connectivity index is 3.82. The van der Waals surface area contributed by atoms with Gasteiger partial charge >= 0.3 is 5.97 Å². The van der Waals surface area contributed by atoms with Crippen molar-refractivity contribution in [2.45, 2.75) is 70.5 Å². The fourth-order valence-electron chi connectivity index (χ4n) is 2.13. The summed E-state index contributed by atoms with van der Waals surface area (Å²) < 4.78 is 0. The molecule has 0 aliphatic rings. The summed E-state index contributed by atoms with van der Waals surface area (Å²) in [5.41, 5.74) is 0. The van der Waals surface area contributed by atoms with E-state index >= 15 is 0 Å². The van der Waals surface area contributed by atoms with Crippen LogP contribution in [0.15, 0.2) is 60.8 Å². The van der Waals surface area contributed by atoms with E-state index in [2.05, 4.69) is 6.92 Å². The second-order valence-electron chi connectivity index (χ2n) is 6.13. The quantitative estimate of drug-likeness (QED) is 0.224. The molecule has 26 heavy (non-hydrogen) atoms. The third-order valence-corrected chi connectivity index (χ3v) is 3.61. The minimum absolute atomic E-state index is 0.167. The van der Waals surface area contributed by atoms with E-state index in [4.69, 9.17) is 5.11 Å². The monoisotopic (exact) mass is 362 g/mol. The molecule has 0 amide bonds. The van der Waals surface area contributed by atoms with E-state index < -0.39 is 18.2 Å². The maximum absolute atomic E-state index is 10.3. The molecule has 0 aromatic rings. The van der Waals surface area contributed by atoms with E-state index in [0.717, 1.165) is 32.1 Å². The average molecular weight is 363 g/mol. The predicted octanol–water partition coefficient (Wildman–Crippen LogP) is 4.71.